The van der Waals surface area contributed by atoms with E-state index in [1.54, 1.807) is 22.7 Å². The number of hydrogen-bond donors (Lipinski definition) is 5. The molecule has 0 aliphatic rings. The summed E-state index contributed by atoms with van der Waals surface area (Å²) in [5.74, 6) is -2.36. The minimum absolute atomic E-state index is 0.162. The second-order valence-electron chi connectivity index (χ2n) is 7.40. The third-order valence-electron chi connectivity index (χ3n) is 4.85. The molecule has 33 heavy (non-hydrogen) atoms. The summed E-state index contributed by atoms with van der Waals surface area (Å²) < 4.78 is 1.25. The Kier molecular flexibility index (Phi) is 9.02. The van der Waals surface area contributed by atoms with Crippen LogP contribution in [0.5, 0.6) is 0 Å². The van der Waals surface area contributed by atoms with Gasteiger partial charge in [-0.15, -0.1) is 22.7 Å². The maximum Gasteiger partial charge on any atom is 0.326 e. The lowest BCUT2D eigenvalue weighted by atomic mass is 10.1. The first-order chi connectivity index (χ1) is 15.9. The molecule has 2 aromatic heterocycles. The van der Waals surface area contributed by atoms with Crippen molar-refractivity contribution >= 4 is 55.9 Å². The Balaban J connectivity index is 1.30. The SMILES string of the molecule is O=C(O)CC[C@H](NC(=O)NCCCCCNc1nc(-c2cc3ccccc3s2)cs1)C(=O)O. The van der Waals surface area contributed by atoms with Gasteiger partial charge in [0.2, 0.25) is 0 Å². The first kappa shape index (κ1) is 24.5. The van der Waals surface area contributed by atoms with Gasteiger partial charge < -0.3 is 26.2 Å². The van der Waals surface area contributed by atoms with Gasteiger partial charge >= 0.3 is 18.0 Å². The topological polar surface area (TPSA) is 141 Å². The van der Waals surface area contributed by atoms with Gasteiger partial charge in [0.15, 0.2) is 5.13 Å². The molecule has 2 heterocycles. The van der Waals surface area contributed by atoms with E-state index in [2.05, 4.69) is 44.5 Å². The van der Waals surface area contributed by atoms with E-state index >= 15 is 0 Å². The van der Waals surface area contributed by atoms with Gasteiger partial charge in [0.1, 0.15) is 6.04 Å². The van der Waals surface area contributed by atoms with E-state index in [0.717, 1.165) is 41.5 Å². The quantitative estimate of drug-likeness (QED) is 0.226. The fraction of sp³-hybridized carbons (Fsp3) is 0.364. The van der Waals surface area contributed by atoms with Gasteiger partial charge in [-0.05, 0) is 43.2 Å². The van der Waals surface area contributed by atoms with Crippen molar-refractivity contribution in [3.63, 3.8) is 0 Å². The van der Waals surface area contributed by atoms with Crippen LogP contribution in [0.1, 0.15) is 32.1 Å². The van der Waals surface area contributed by atoms with Crippen molar-refractivity contribution in [1.82, 2.24) is 15.6 Å². The third kappa shape index (κ3) is 7.72. The molecular formula is C22H26N4O5S2. The van der Waals surface area contributed by atoms with E-state index < -0.39 is 24.0 Å². The number of fused-ring (bicyclic) bond motifs is 1. The van der Waals surface area contributed by atoms with Gasteiger partial charge in [-0.3, -0.25) is 4.79 Å². The standard InChI is InChI=1S/C22H26N4O5S2/c27-19(28)9-8-15(20(29)30)25-21(31)23-10-4-1-5-11-24-22-26-16(13-32-22)18-12-14-6-2-3-7-17(14)33-18/h2-3,6-7,12-13,15H,1,4-5,8-11H2,(H,24,26)(H,27,28)(H,29,30)(H2,23,25,31)/t15-/m0/s1. The predicted octanol–water partition coefficient (Wildman–Crippen LogP) is 4.22. The molecule has 0 spiro atoms. The summed E-state index contributed by atoms with van der Waals surface area (Å²) in [5.41, 5.74) is 0.974. The van der Waals surface area contributed by atoms with E-state index in [9.17, 15) is 14.4 Å². The monoisotopic (exact) mass is 490 g/mol. The molecule has 0 aliphatic heterocycles. The van der Waals surface area contributed by atoms with Crippen LogP contribution < -0.4 is 16.0 Å². The van der Waals surface area contributed by atoms with Crippen LogP contribution in [-0.4, -0.2) is 52.3 Å². The normalized spacial score (nSPS) is 11.8. The number of thiophene rings is 1. The van der Waals surface area contributed by atoms with Crippen LogP contribution in [0, 0.1) is 0 Å². The summed E-state index contributed by atoms with van der Waals surface area (Å²) in [4.78, 5) is 39.3. The number of hydrogen-bond acceptors (Lipinski definition) is 7. The third-order valence-corrected chi connectivity index (χ3v) is 6.79. The Morgan fingerprint density at radius 1 is 1.06 bits per heavy atom. The second-order valence-corrected chi connectivity index (χ2v) is 9.34. The summed E-state index contributed by atoms with van der Waals surface area (Å²) in [5, 5.41) is 30.1. The van der Waals surface area contributed by atoms with E-state index in [-0.39, 0.29) is 12.8 Å². The summed E-state index contributed by atoms with van der Waals surface area (Å²) in [6, 6.07) is 8.61. The maximum atomic E-state index is 11.8. The fourth-order valence-corrected chi connectivity index (χ4v) is 4.97. The molecule has 2 amide bonds. The van der Waals surface area contributed by atoms with Crippen LogP contribution in [0.25, 0.3) is 20.7 Å². The first-order valence-electron chi connectivity index (χ1n) is 10.6. The van der Waals surface area contributed by atoms with Crippen molar-refractivity contribution in [2.45, 2.75) is 38.1 Å². The van der Waals surface area contributed by atoms with E-state index in [0.29, 0.717) is 6.54 Å². The number of carboxylic acids is 2. The Morgan fingerprint density at radius 2 is 1.85 bits per heavy atom. The largest absolute Gasteiger partial charge is 0.481 e. The van der Waals surface area contributed by atoms with Gasteiger partial charge in [-0.2, -0.15) is 0 Å². The molecule has 0 radical (unpaired) electrons. The summed E-state index contributed by atoms with van der Waals surface area (Å²) in [6.45, 7) is 1.17. The fourth-order valence-electron chi connectivity index (χ4n) is 3.13. The van der Waals surface area contributed by atoms with Crippen molar-refractivity contribution in [3.8, 4) is 10.6 Å². The molecule has 0 aliphatic carbocycles. The highest BCUT2D eigenvalue weighted by atomic mass is 32.1. The molecule has 0 bridgehead atoms. The number of rotatable bonds is 13. The second kappa shape index (κ2) is 12.2. The maximum absolute atomic E-state index is 11.8. The number of carboxylic acid groups (broad SMARTS) is 2. The number of unbranched alkanes of at least 4 members (excludes halogenated alkanes) is 2. The van der Waals surface area contributed by atoms with E-state index in [4.69, 9.17) is 10.2 Å². The van der Waals surface area contributed by atoms with Crippen LogP contribution in [-0.2, 0) is 9.59 Å². The minimum Gasteiger partial charge on any atom is -0.481 e. The average Bonchev–Trinajstić information content (AvgIpc) is 3.42. The van der Waals surface area contributed by atoms with Gasteiger partial charge in [-0.1, -0.05) is 18.2 Å². The summed E-state index contributed by atoms with van der Waals surface area (Å²) >= 11 is 3.31. The van der Waals surface area contributed by atoms with Gasteiger partial charge in [0.05, 0.1) is 10.6 Å². The number of nitrogens with one attached hydrogen (secondary N) is 3. The lowest BCUT2D eigenvalue weighted by molar-refractivity contribution is -0.140. The number of thiazole rings is 1. The number of aliphatic carboxylic acids is 2. The van der Waals surface area contributed by atoms with Crippen LogP contribution in [0.2, 0.25) is 0 Å². The molecule has 0 fully saturated rings. The zero-order valence-electron chi connectivity index (χ0n) is 17.9. The molecule has 0 saturated heterocycles. The molecule has 1 atom stereocenters. The van der Waals surface area contributed by atoms with Gasteiger partial charge in [-0.25, -0.2) is 14.6 Å². The number of amides is 2. The minimum atomic E-state index is -1.25. The smallest absolute Gasteiger partial charge is 0.326 e. The molecule has 3 rings (SSSR count). The zero-order valence-corrected chi connectivity index (χ0v) is 19.5. The van der Waals surface area contributed by atoms with E-state index in [1.807, 2.05) is 12.1 Å². The van der Waals surface area contributed by atoms with Crippen LogP contribution in [0.3, 0.4) is 0 Å². The zero-order chi connectivity index (χ0) is 23.6. The number of carbonyl (C=O) groups excluding carboxylic acids is 1. The van der Waals surface area contributed by atoms with Crippen molar-refractivity contribution < 1.29 is 24.6 Å². The molecule has 0 unspecified atom stereocenters. The highest BCUT2D eigenvalue weighted by molar-refractivity contribution is 7.22. The lowest BCUT2D eigenvalue weighted by Crippen LogP contribution is -2.46. The number of urea groups is 1. The number of carbonyl (C=O) groups is 3. The van der Waals surface area contributed by atoms with Crippen LogP contribution in [0.15, 0.2) is 35.7 Å². The number of nitrogens with zero attached hydrogens (tertiary/aromatic N) is 1. The summed E-state index contributed by atoms with van der Waals surface area (Å²) in [7, 11) is 0. The molecule has 11 heteroatoms. The molecule has 9 nitrogen and oxygen atoms in total. The average molecular weight is 491 g/mol. The Morgan fingerprint density at radius 3 is 2.61 bits per heavy atom. The highest BCUT2D eigenvalue weighted by Gasteiger charge is 2.20. The summed E-state index contributed by atoms with van der Waals surface area (Å²) in [6.07, 6.45) is 2.04. The molecule has 1 aromatic carbocycles. The molecular weight excluding hydrogens is 464 g/mol. The van der Waals surface area contributed by atoms with Crippen molar-refractivity contribution in [1.29, 1.82) is 0 Å². The first-order valence-corrected chi connectivity index (χ1v) is 12.3. The molecule has 5 N–H and O–H groups in total. The molecule has 0 saturated carbocycles. The number of aromatic nitrogens is 1. The highest BCUT2D eigenvalue weighted by Crippen LogP contribution is 2.34. The number of benzene rings is 1. The van der Waals surface area contributed by atoms with Gasteiger partial charge in [0.25, 0.3) is 0 Å². The van der Waals surface area contributed by atoms with E-state index in [1.165, 1.54) is 10.1 Å². The molecule has 176 valence electrons. The van der Waals surface area contributed by atoms with Crippen molar-refractivity contribution in [3.05, 3.63) is 35.7 Å². The number of anilines is 1. The lowest BCUT2D eigenvalue weighted by Gasteiger charge is -2.14. The van der Waals surface area contributed by atoms with Crippen molar-refractivity contribution in [2.75, 3.05) is 18.4 Å². The van der Waals surface area contributed by atoms with Crippen molar-refractivity contribution in [2.24, 2.45) is 0 Å². The Bertz CT molecular complexity index is 1060. The van der Waals surface area contributed by atoms with Gasteiger partial charge in [0, 0.05) is 29.6 Å². The molecule has 3 aromatic rings. The van der Waals surface area contributed by atoms with Crippen LogP contribution in [0.4, 0.5) is 9.93 Å². The Hall–Kier alpha value is -3.18. The van der Waals surface area contributed by atoms with Crippen LogP contribution >= 0.6 is 22.7 Å². The Labute approximate surface area is 198 Å². The predicted molar refractivity (Wildman–Crippen MR) is 130 cm³/mol.